The lowest BCUT2D eigenvalue weighted by Gasteiger charge is -2.09. The Bertz CT molecular complexity index is 1170. The number of hydrogen-bond acceptors (Lipinski definition) is 4. The highest BCUT2D eigenvalue weighted by molar-refractivity contribution is 9.10. The van der Waals surface area contributed by atoms with Crippen molar-refractivity contribution >= 4 is 37.5 Å². The molecule has 1 aromatic heterocycles. The number of hydrogen-bond donors (Lipinski definition) is 2. The van der Waals surface area contributed by atoms with Gasteiger partial charge in [-0.3, -0.25) is 9.59 Å². The number of halogens is 1. The van der Waals surface area contributed by atoms with E-state index in [1.807, 2.05) is 24.3 Å². The summed E-state index contributed by atoms with van der Waals surface area (Å²) in [6.07, 6.45) is 1.61. The minimum atomic E-state index is -3.81. The van der Waals surface area contributed by atoms with Crippen molar-refractivity contribution in [1.29, 1.82) is 0 Å². The molecule has 3 aromatic rings. The SMILES string of the molecule is NS(=O)(=O)c1ccc(NC(=O)c2cccn(Cc3ccc(Br)cc3)c2=O)cc1. The normalized spacial score (nSPS) is 11.2. The summed E-state index contributed by atoms with van der Waals surface area (Å²) >= 11 is 3.36. The molecule has 0 aliphatic rings. The fraction of sp³-hybridized carbons (Fsp3) is 0.0526. The monoisotopic (exact) mass is 461 g/mol. The molecule has 1 heterocycles. The van der Waals surface area contributed by atoms with E-state index in [1.54, 1.807) is 12.3 Å². The average molecular weight is 462 g/mol. The van der Waals surface area contributed by atoms with Crippen LogP contribution >= 0.6 is 15.9 Å². The van der Waals surface area contributed by atoms with Crippen LogP contribution in [0.25, 0.3) is 0 Å². The van der Waals surface area contributed by atoms with Crippen LogP contribution < -0.4 is 16.0 Å². The maximum Gasteiger partial charge on any atom is 0.263 e. The first-order valence-electron chi connectivity index (χ1n) is 8.12. The Morgan fingerprint density at radius 3 is 2.29 bits per heavy atom. The van der Waals surface area contributed by atoms with E-state index < -0.39 is 21.5 Å². The largest absolute Gasteiger partial charge is 0.322 e. The summed E-state index contributed by atoms with van der Waals surface area (Å²) in [5.41, 5.74) is 0.820. The number of carbonyl (C=O) groups excluding carboxylic acids is 1. The van der Waals surface area contributed by atoms with Crippen LogP contribution in [0.2, 0.25) is 0 Å². The van der Waals surface area contributed by atoms with Gasteiger partial charge in [0.2, 0.25) is 10.0 Å². The number of nitrogens with one attached hydrogen (secondary N) is 1. The zero-order chi connectivity index (χ0) is 20.3. The lowest BCUT2D eigenvalue weighted by Crippen LogP contribution is -2.29. The van der Waals surface area contributed by atoms with Crippen LogP contribution in [0.1, 0.15) is 15.9 Å². The van der Waals surface area contributed by atoms with Crippen LogP contribution in [-0.4, -0.2) is 18.9 Å². The van der Waals surface area contributed by atoms with Crippen molar-refractivity contribution < 1.29 is 13.2 Å². The zero-order valence-corrected chi connectivity index (χ0v) is 16.9. The number of aromatic nitrogens is 1. The molecule has 0 aliphatic carbocycles. The second-order valence-corrected chi connectivity index (χ2v) is 8.48. The Kier molecular flexibility index (Phi) is 5.78. The molecular formula is C19H16BrN3O4S. The summed E-state index contributed by atoms with van der Waals surface area (Å²) in [4.78, 5) is 25.1. The van der Waals surface area contributed by atoms with Gasteiger partial charge in [-0.25, -0.2) is 13.6 Å². The van der Waals surface area contributed by atoms with Gasteiger partial charge in [0.05, 0.1) is 11.4 Å². The molecule has 2 aromatic carbocycles. The van der Waals surface area contributed by atoms with Crippen LogP contribution in [-0.2, 0) is 16.6 Å². The van der Waals surface area contributed by atoms with Crippen LogP contribution in [0.5, 0.6) is 0 Å². The predicted molar refractivity (Wildman–Crippen MR) is 110 cm³/mol. The van der Waals surface area contributed by atoms with Crippen LogP contribution in [0, 0.1) is 0 Å². The lowest BCUT2D eigenvalue weighted by atomic mass is 10.2. The molecule has 0 bridgehead atoms. The number of sulfonamides is 1. The predicted octanol–water partition coefficient (Wildman–Crippen LogP) is 2.56. The number of primary sulfonamides is 1. The topological polar surface area (TPSA) is 111 Å². The number of nitrogens with two attached hydrogens (primary N) is 1. The number of amides is 1. The minimum absolute atomic E-state index is 0.0184. The maximum atomic E-state index is 12.7. The Hall–Kier alpha value is -2.75. The van der Waals surface area contributed by atoms with Crippen molar-refractivity contribution in [3.8, 4) is 0 Å². The molecule has 7 nitrogen and oxygen atoms in total. The van der Waals surface area contributed by atoms with Crippen molar-refractivity contribution in [3.05, 3.63) is 92.8 Å². The highest BCUT2D eigenvalue weighted by Gasteiger charge is 2.13. The second kappa shape index (κ2) is 8.09. The van der Waals surface area contributed by atoms with E-state index in [1.165, 1.54) is 34.9 Å². The summed E-state index contributed by atoms with van der Waals surface area (Å²) in [7, 11) is -3.81. The standard InChI is InChI=1S/C19H16BrN3O4S/c20-14-5-3-13(4-6-14)12-23-11-1-2-17(19(23)25)18(24)22-15-7-9-16(10-8-15)28(21,26)27/h1-11H,12H2,(H,22,24)(H2,21,26,27). The maximum absolute atomic E-state index is 12.7. The molecule has 3 N–H and O–H groups in total. The van der Waals surface area contributed by atoms with Gasteiger partial charge in [0.1, 0.15) is 5.56 Å². The van der Waals surface area contributed by atoms with E-state index in [9.17, 15) is 18.0 Å². The first kappa shape index (κ1) is 20.0. The zero-order valence-electron chi connectivity index (χ0n) is 14.5. The molecule has 0 unspecified atom stereocenters. The van der Waals surface area contributed by atoms with Crippen molar-refractivity contribution in [2.24, 2.45) is 5.14 Å². The number of rotatable bonds is 5. The van der Waals surface area contributed by atoms with Crippen molar-refractivity contribution in [2.75, 3.05) is 5.32 Å². The smallest absolute Gasteiger partial charge is 0.263 e. The van der Waals surface area contributed by atoms with Crippen molar-refractivity contribution in [1.82, 2.24) is 4.57 Å². The summed E-state index contributed by atoms with van der Waals surface area (Å²) in [6, 6.07) is 16.0. The first-order chi connectivity index (χ1) is 13.2. The van der Waals surface area contributed by atoms with E-state index >= 15 is 0 Å². The molecule has 3 rings (SSSR count). The highest BCUT2D eigenvalue weighted by Crippen LogP contribution is 2.14. The summed E-state index contributed by atoms with van der Waals surface area (Å²) in [6.45, 7) is 0.330. The third kappa shape index (κ3) is 4.75. The van der Waals surface area contributed by atoms with Gasteiger partial charge in [-0.2, -0.15) is 0 Å². The van der Waals surface area contributed by atoms with Crippen LogP contribution in [0.3, 0.4) is 0 Å². The lowest BCUT2D eigenvalue weighted by molar-refractivity contribution is 0.102. The van der Waals surface area contributed by atoms with Crippen LogP contribution in [0.15, 0.2) is 81.0 Å². The van der Waals surface area contributed by atoms with Gasteiger partial charge in [-0.05, 0) is 54.1 Å². The van der Waals surface area contributed by atoms with Gasteiger partial charge in [0, 0.05) is 16.4 Å². The van der Waals surface area contributed by atoms with E-state index in [0.717, 1.165) is 10.0 Å². The Morgan fingerprint density at radius 1 is 1.04 bits per heavy atom. The van der Waals surface area contributed by atoms with Gasteiger partial charge in [-0.15, -0.1) is 0 Å². The number of nitrogens with zero attached hydrogens (tertiary/aromatic N) is 1. The fourth-order valence-electron chi connectivity index (χ4n) is 2.55. The summed E-state index contributed by atoms with van der Waals surface area (Å²) < 4.78 is 24.9. The molecule has 0 saturated heterocycles. The molecule has 0 radical (unpaired) electrons. The fourth-order valence-corrected chi connectivity index (χ4v) is 3.33. The van der Waals surface area contributed by atoms with E-state index in [-0.39, 0.29) is 10.5 Å². The minimum Gasteiger partial charge on any atom is -0.322 e. The van der Waals surface area contributed by atoms with E-state index in [0.29, 0.717) is 12.2 Å². The average Bonchev–Trinajstić information content (AvgIpc) is 2.65. The molecule has 0 fully saturated rings. The number of pyridine rings is 1. The Labute approximate surface area is 170 Å². The molecular weight excluding hydrogens is 446 g/mol. The first-order valence-corrected chi connectivity index (χ1v) is 10.5. The quantitative estimate of drug-likeness (QED) is 0.607. The van der Waals surface area contributed by atoms with Crippen molar-refractivity contribution in [2.45, 2.75) is 11.4 Å². The highest BCUT2D eigenvalue weighted by atomic mass is 79.9. The molecule has 9 heteroatoms. The van der Waals surface area contributed by atoms with Gasteiger partial charge < -0.3 is 9.88 Å². The van der Waals surface area contributed by atoms with Gasteiger partial charge >= 0.3 is 0 Å². The van der Waals surface area contributed by atoms with Gasteiger partial charge in [0.15, 0.2) is 0 Å². The number of carbonyl (C=O) groups is 1. The third-order valence-electron chi connectivity index (χ3n) is 3.97. The second-order valence-electron chi connectivity index (χ2n) is 6.00. The molecule has 0 saturated carbocycles. The van der Waals surface area contributed by atoms with Crippen LogP contribution in [0.4, 0.5) is 5.69 Å². The molecule has 0 atom stereocenters. The summed E-state index contributed by atoms with van der Waals surface area (Å²) in [5, 5.41) is 7.63. The van der Waals surface area contributed by atoms with E-state index in [2.05, 4.69) is 21.2 Å². The van der Waals surface area contributed by atoms with E-state index in [4.69, 9.17) is 5.14 Å². The molecule has 144 valence electrons. The molecule has 0 aliphatic heterocycles. The number of benzene rings is 2. The third-order valence-corrected chi connectivity index (χ3v) is 5.43. The number of anilines is 1. The molecule has 28 heavy (non-hydrogen) atoms. The van der Waals surface area contributed by atoms with Gasteiger partial charge in [0.25, 0.3) is 11.5 Å². The molecule has 0 spiro atoms. The van der Waals surface area contributed by atoms with Crippen molar-refractivity contribution in [3.63, 3.8) is 0 Å². The summed E-state index contributed by atoms with van der Waals surface area (Å²) in [5.74, 6) is -0.585. The van der Waals surface area contributed by atoms with Gasteiger partial charge in [-0.1, -0.05) is 28.1 Å². The molecule has 1 amide bonds. The Balaban J connectivity index is 1.80. The Morgan fingerprint density at radius 2 is 1.68 bits per heavy atom.